The van der Waals surface area contributed by atoms with Crippen LogP contribution in [0.15, 0.2) is 42.6 Å². The van der Waals surface area contributed by atoms with Crippen LogP contribution in [0.5, 0.6) is 5.75 Å². The second-order valence-electron chi connectivity index (χ2n) is 6.65. The number of aromatic nitrogens is 1. The molecule has 1 amide bonds. The summed E-state index contributed by atoms with van der Waals surface area (Å²) in [7, 11) is 3.43. The Morgan fingerprint density at radius 1 is 1.20 bits per heavy atom. The van der Waals surface area contributed by atoms with Gasteiger partial charge in [0.2, 0.25) is 5.91 Å². The molecule has 0 aliphatic carbocycles. The predicted octanol–water partition coefficient (Wildman–Crippen LogP) is 3.50. The first-order valence-corrected chi connectivity index (χ1v) is 8.47. The fraction of sp³-hybridized carbons (Fsp3) is 0.400. The molecule has 2 aromatic rings. The van der Waals surface area contributed by atoms with Crippen molar-refractivity contribution in [3.05, 3.63) is 53.9 Å². The minimum atomic E-state index is -0.729. The van der Waals surface area contributed by atoms with Crippen LogP contribution < -0.4 is 10.1 Å². The van der Waals surface area contributed by atoms with Gasteiger partial charge in [0.15, 0.2) is 0 Å². The van der Waals surface area contributed by atoms with Gasteiger partial charge in [-0.2, -0.15) is 0 Å². The maximum atomic E-state index is 12.8. The van der Waals surface area contributed by atoms with Crippen molar-refractivity contribution in [3.8, 4) is 5.75 Å². The van der Waals surface area contributed by atoms with Crippen LogP contribution in [0.25, 0.3) is 0 Å². The summed E-state index contributed by atoms with van der Waals surface area (Å²) in [5.74, 6) is 0.790. The Morgan fingerprint density at radius 3 is 2.40 bits per heavy atom. The SMILES string of the molecule is CCc1ccc(CN(C)C(=O)C(C)(C)Nc2ccc(OC)cc2)nc1. The zero-order valence-corrected chi connectivity index (χ0v) is 15.7. The van der Waals surface area contributed by atoms with Gasteiger partial charge in [0, 0.05) is 18.9 Å². The minimum absolute atomic E-state index is 0.00434. The van der Waals surface area contributed by atoms with Crippen LogP contribution in [0.3, 0.4) is 0 Å². The number of nitrogens with one attached hydrogen (secondary N) is 1. The molecule has 0 aliphatic rings. The van der Waals surface area contributed by atoms with Crippen molar-refractivity contribution in [1.29, 1.82) is 0 Å². The van der Waals surface area contributed by atoms with Gasteiger partial charge >= 0.3 is 0 Å². The van der Waals surface area contributed by atoms with E-state index < -0.39 is 5.54 Å². The number of nitrogens with zero attached hydrogens (tertiary/aromatic N) is 2. The molecule has 0 saturated heterocycles. The smallest absolute Gasteiger partial charge is 0.247 e. The first kappa shape index (κ1) is 18.8. The van der Waals surface area contributed by atoms with E-state index in [2.05, 4.69) is 23.3 Å². The highest BCUT2D eigenvalue weighted by atomic mass is 16.5. The van der Waals surface area contributed by atoms with Gasteiger partial charge in [0.25, 0.3) is 0 Å². The second-order valence-corrected chi connectivity index (χ2v) is 6.65. The fourth-order valence-electron chi connectivity index (χ4n) is 2.64. The van der Waals surface area contributed by atoms with Gasteiger partial charge in [-0.3, -0.25) is 9.78 Å². The Balaban J connectivity index is 2.02. The molecule has 0 fully saturated rings. The summed E-state index contributed by atoms with van der Waals surface area (Å²) in [6, 6.07) is 11.6. The number of benzene rings is 1. The molecule has 0 spiro atoms. The average Bonchev–Trinajstić information content (AvgIpc) is 2.62. The van der Waals surface area contributed by atoms with Gasteiger partial charge < -0.3 is 15.0 Å². The molecule has 0 atom stereocenters. The lowest BCUT2D eigenvalue weighted by Gasteiger charge is -2.31. The first-order valence-electron chi connectivity index (χ1n) is 8.47. The molecule has 2 rings (SSSR count). The van der Waals surface area contributed by atoms with E-state index in [1.54, 1.807) is 19.1 Å². The molecule has 134 valence electrons. The Morgan fingerprint density at radius 2 is 1.88 bits per heavy atom. The number of pyridine rings is 1. The van der Waals surface area contributed by atoms with Gasteiger partial charge in [-0.25, -0.2) is 0 Å². The molecule has 1 aromatic carbocycles. The standard InChI is InChI=1S/C20H27N3O2/c1-6-15-7-8-17(21-13-15)14-23(4)19(24)20(2,3)22-16-9-11-18(25-5)12-10-16/h7-13,22H,6,14H2,1-5H3. The van der Waals surface area contributed by atoms with Crippen molar-refractivity contribution >= 4 is 11.6 Å². The molecule has 1 heterocycles. The third-order valence-electron chi connectivity index (χ3n) is 4.12. The van der Waals surface area contributed by atoms with E-state index in [1.165, 1.54) is 5.56 Å². The highest BCUT2D eigenvalue weighted by molar-refractivity contribution is 5.88. The highest BCUT2D eigenvalue weighted by Gasteiger charge is 2.30. The Labute approximate surface area is 150 Å². The zero-order chi connectivity index (χ0) is 18.4. The van der Waals surface area contributed by atoms with E-state index in [-0.39, 0.29) is 5.91 Å². The van der Waals surface area contributed by atoms with E-state index in [0.717, 1.165) is 23.6 Å². The van der Waals surface area contributed by atoms with Crippen molar-refractivity contribution in [2.75, 3.05) is 19.5 Å². The summed E-state index contributed by atoms with van der Waals surface area (Å²) in [6.07, 6.45) is 2.83. The highest BCUT2D eigenvalue weighted by Crippen LogP contribution is 2.20. The molecule has 0 radical (unpaired) electrons. The summed E-state index contributed by atoms with van der Waals surface area (Å²) < 4.78 is 5.16. The van der Waals surface area contributed by atoms with Crippen molar-refractivity contribution < 1.29 is 9.53 Å². The number of anilines is 1. The molecule has 0 unspecified atom stereocenters. The quantitative estimate of drug-likeness (QED) is 0.837. The monoisotopic (exact) mass is 341 g/mol. The molecule has 5 nitrogen and oxygen atoms in total. The number of hydrogen-bond acceptors (Lipinski definition) is 4. The van der Waals surface area contributed by atoms with Crippen LogP contribution in [-0.2, 0) is 17.8 Å². The van der Waals surface area contributed by atoms with E-state index in [4.69, 9.17) is 4.74 Å². The summed E-state index contributed by atoms with van der Waals surface area (Å²) >= 11 is 0. The number of aryl methyl sites for hydroxylation is 1. The third kappa shape index (κ3) is 4.95. The molecular weight excluding hydrogens is 314 g/mol. The van der Waals surface area contributed by atoms with Gasteiger partial charge in [-0.15, -0.1) is 0 Å². The van der Waals surface area contributed by atoms with E-state index >= 15 is 0 Å². The maximum Gasteiger partial charge on any atom is 0.247 e. The summed E-state index contributed by atoms with van der Waals surface area (Å²) in [4.78, 5) is 19.0. The van der Waals surface area contributed by atoms with Gasteiger partial charge in [0.1, 0.15) is 11.3 Å². The van der Waals surface area contributed by atoms with Crippen LogP contribution >= 0.6 is 0 Å². The van der Waals surface area contributed by atoms with Crippen molar-refractivity contribution in [2.24, 2.45) is 0 Å². The number of carbonyl (C=O) groups excluding carboxylic acids is 1. The van der Waals surface area contributed by atoms with Gasteiger partial charge in [-0.1, -0.05) is 13.0 Å². The molecule has 1 N–H and O–H groups in total. The second kappa shape index (κ2) is 8.01. The van der Waals surface area contributed by atoms with Crippen molar-refractivity contribution in [1.82, 2.24) is 9.88 Å². The molecule has 0 bridgehead atoms. The number of rotatable bonds is 7. The number of ether oxygens (including phenoxy) is 1. The largest absolute Gasteiger partial charge is 0.497 e. The summed E-state index contributed by atoms with van der Waals surface area (Å²) in [5.41, 5.74) is 2.22. The van der Waals surface area contributed by atoms with Crippen LogP contribution in [-0.4, -0.2) is 35.5 Å². The van der Waals surface area contributed by atoms with E-state index in [1.807, 2.05) is 50.4 Å². The lowest BCUT2D eigenvalue weighted by atomic mass is 10.0. The van der Waals surface area contributed by atoms with Crippen molar-refractivity contribution in [3.63, 3.8) is 0 Å². The van der Waals surface area contributed by atoms with Crippen LogP contribution in [0.2, 0.25) is 0 Å². The molecule has 5 heteroatoms. The molecule has 0 aliphatic heterocycles. The van der Waals surface area contributed by atoms with Crippen LogP contribution in [0, 0.1) is 0 Å². The number of methoxy groups -OCH3 is 1. The van der Waals surface area contributed by atoms with E-state index in [9.17, 15) is 4.79 Å². The van der Waals surface area contributed by atoms with Gasteiger partial charge in [0.05, 0.1) is 19.3 Å². The number of hydrogen-bond donors (Lipinski definition) is 1. The first-order chi connectivity index (χ1) is 11.9. The molecule has 1 aromatic heterocycles. The lowest BCUT2D eigenvalue weighted by molar-refractivity contribution is -0.134. The lowest BCUT2D eigenvalue weighted by Crippen LogP contribution is -2.48. The normalized spacial score (nSPS) is 11.1. The number of amides is 1. The average molecular weight is 341 g/mol. The third-order valence-corrected chi connectivity index (χ3v) is 4.12. The van der Waals surface area contributed by atoms with E-state index in [0.29, 0.717) is 6.54 Å². The Bertz CT molecular complexity index is 694. The van der Waals surface area contributed by atoms with Crippen molar-refractivity contribution in [2.45, 2.75) is 39.3 Å². The van der Waals surface area contributed by atoms with Crippen LogP contribution in [0.1, 0.15) is 32.0 Å². The molecular formula is C20H27N3O2. The Hall–Kier alpha value is -2.56. The van der Waals surface area contributed by atoms with Gasteiger partial charge in [-0.05, 0) is 56.2 Å². The minimum Gasteiger partial charge on any atom is -0.497 e. The van der Waals surface area contributed by atoms with Crippen LogP contribution in [0.4, 0.5) is 5.69 Å². The Kier molecular flexibility index (Phi) is 6.02. The topological polar surface area (TPSA) is 54.5 Å². The molecule has 25 heavy (non-hydrogen) atoms. The zero-order valence-electron chi connectivity index (χ0n) is 15.7. The fourth-order valence-corrected chi connectivity index (χ4v) is 2.64. The molecule has 0 saturated carbocycles. The number of carbonyl (C=O) groups is 1. The summed E-state index contributed by atoms with van der Waals surface area (Å²) in [6.45, 7) is 6.34. The summed E-state index contributed by atoms with van der Waals surface area (Å²) in [5, 5.41) is 3.29. The maximum absolute atomic E-state index is 12.8. The predicted molar refractivity (Wildman–Crippen MR) is 101 cm³/mol. The number of likely N-dealkylation sites (N-methyl/N-ethyl adjacent to an activating group) is 1.